The molecule has 0 aliphatic carbocycles. The first-order valence-corrected chi connectivity index (χ1v) is 6.19. The second-order valence-electron chi connectivity index (χ2n) is 5.83. The summed E-state index contributed by atoms with van der Waals surface area (Å²) >= 11 is 0. The highest BCUT2D eigenvalue weighted by Gasteiger charge is 2.38. The summed E-state index contributed by atoms with van der Waals surface area (Å²) in [7, 11) is 1.84. The van der Waals surface area contributed by atoms with Gasteiger partial charge in [-0.2, -0.15) is 5.26 Å². The minimum Gasteiger partial charge on any atom is -0.342 e. The first kappa shape index (κ1) is 14.0. The maximum atomic E-state index is 12.3. The van der Waals surface area contributed by atoms with Crippen molar-refractivity contribution in [3.8, 4) is 6.07 Å². The van der Waals surface area contributed by atoms with E-state index in [-0.39, 0.29) is 30.0 Å². The Kier molecular flexibility index (Phi) is 4.16. The first-order chi connectivity index (χ1) is 7.79. The van der Waals surface area contributed by atoms with Crippen molar-refractivity contribution < 1.29 is 4.79 Å². The Morgan fingerprint density at radius 3 is 2.53 bits per heavy atom. The molecule has 17 heavy (non-hydrogen) atoms. The number of carbonyl (C=O) groups excluding carboxylic acids is 1. The molecule has 1 aliphatic heterocycles. The number of likely N-dealkylation sites (N-methyl/N-ethyl adjacent to an activating group) is 1. The van der Waals surface area contributed by atoms with Crippen molar-refractivity contribution in [1.29, 1.82) is 5.26 Å². The van der Waals surface area contributed by atoms with Crippen LogP contribution in [0.25, 0.3) is 0 Å². The van der Waals surface area contributed by atoms with E-state index >= 15 is 0 Å². The predicted octanol–water partition coefficient (Wildman–Crippen LogP) is 1.62. The summed E-state index contributed by atoms with van der Waals surface area (Å²) in [6, 6.07) is 2.09. The van der Waals surface area contributed by atoms with Gasteiger partial charge in [0.1, 0.15) is 6.04 Å². The monoisotopic (exact) mass is 237 g/mol. The molecule has 1 amide bonds. The van der Waals surface area contributed by atoms with E-state index in [4.69, 9.17) is 5.26 Å². The molecular weight excluding hydrogens is 214 g/mol. The minimum atomic E-state index is -0.296. The van der Waals surface area contributed by atoms with E-state index in [1.165, 1.54) is 0 Å². The molecule has 0 bridgehead atoms. The van der Waals surface area contributed by atoms with Gasteiger partial charge in [0.25, 0.3) is 0 Å². The van der Waals surface area contributed by atoms with Gasteiger partial charge in [0.2, 0.25) is 5.91 Å². The van der Waals surface area contributed by atoms with Crippen molar-refractivity contribution in [1.82, 2.24) is 9.80 Å². The topological polar surface area (TPSA) is 47.3 Å². The van der Waals surface area contributed by atoms with Crippen LogP contribution in [0.2, 0.25) is 0 Å². The zero-order chi connectivity index (χ0) is 13.2. The highest BCUT2D eigenvalue weighted by Crippen LogP contribution is 2.25. The van der Waals surface area contributed by atoms with Gasteiger partial charge in [0, 0.05) is 25.2 Å². The van der Waals surface area contributed by atoms with Crippen LogP contribution in [-0.2, 0) is 4.79 Å². The highest BCUT2D eigenvalue weighted by atomic mass is 16.2. The van der Waals surface area contributed by atoms with E-state index in [9.17, 15) is 4.79 Å². The summed E-state index contributed by atoms with van der Waals surface area (Å²) in [5.74, 6) is 0.0754. The molecule has 1 aliphatic rings. The fraction of sp³-hybridized carbons (Fsp3) is 0.846. The number of nitriles is 1. The summed E-state index contributed by atoms with van der Waals surface area (Å²) in [5.41, 5.74) is -0.0813. The van der Waals surface area contributed by atoms with Crippen LogP contribution in [0.1, 0.15) is 40.5 Å². The molecule has 0 aromatic rings. The molecule has 1 saturated heterocycles. The summed E-state index contributed by atoms with van der Waals surface area (Å²) in [5, 5.41) is 8.92. The maximum absolute atomic E-state index is 12.3. The van der Waals surface area contributed by atoms with E-state index in [2.05, 4.69) is 38.7 Å². The molecule has 0 aromatic carbocycles. The van der Waals surface area contributed by atoms with Crippen molar-refractivity contribution in [2.24, 2.45) is 0 Å². The lowest BCUT2D eigenvalue weighted by Crippen LogP contribution is -2.53. The van der Waals surface area contributed by atoms with Crippen LogP contribution in [0.5, 0.6) is 0 Å². The molecule has 2 atom stereocenters. The Hall–Kier alpha value is -1.08. The summed E-state index contributed by atoms with van der Waals surface area (Å²) in [6.45, 7) is 9.22. The molecule has 0 aromatic heterocycles. The summed E-state index contributed by atoms with van der Waals surface area (Å²) < 4.78 is 0. The molecule has 0 radical (unpaired) electrons. The van der Waals surface area contributed by atoms with Gasteiger partial charge in [-0.15, -0.1) is 0 Å². The third-order valence-corrected chi connectivity index (χ3v) is 3.60. The van der Waals surface area contributed by atoms with Crippen molar-refractivity contribution in [2.75, 3.05) is 13.6 Å². The molecule has 2 unspecified atom stereocenters. The second kappa shape index (κ2) is 5.05. The van der Waals surface area contributed by atoms with Crippen LogP contribution in [0, 0.1) is 11.3 Å². The standard InChI is InChI=1S/C13H23N3O/c1-10-7-9-16(13(2,3)4)11(6-8-14)12(17)15(10)5/h10-11H,6-7,9H2,1-5H3. The first-order valence-electron chi connectivity index (χ1n) is 6.19. The van der Waals surface area contributed by atoms with Crippen molar-refractivity contribution in [2.45, 2.75) is 58.2 Å². The van der Waals surface area contributed by atoms with Crippen LogP contribution in [0.4, 0.5) is 0 Å². The van der Waals surface area contributed by atoms with E-state index in [0.717, 1.165) is 13.0 Å². The van der Waals surface area contributed by atoms with Crippen molar-refractivity contribution in [3.05, 3.63) is 0 Å². The van der Waals surface area contributed by atoms with Gasteiger partial charge in [0.15, 0.2) is 0 Å². The molecule has 0 spiro atoms. The average molecular weight is 237 g/mol. The smallest absolute Gasteiger partial charge is 0.240 e. The molecule has 4 nitrogen and oxygen atoms in total. The SMILES string of the molecule is CC1CCN(C(C)(C)C)C(CC#N)C(=O)N1C. The van der Waals surface area contributed by atoms with Crippen molar-refractivity contribution >= 4 is 5.91 Å². The Morgan fingerprint density at radius 2 is 2.06 bits per heavy atom. The quantitative estimate of drug-likeness (QED) is 0.696. The number of hydrogen-bond donors (Lipinski definition) is 0. The lowest BCUT2D eigenvalue weighted by molar-refractivity contribution is -0.137. The van der Waals surface area contributed by atoms with Gasteiger partial charge in [-0.3, -0.25) is 9.69 Å². The Bertz CT molecular complexity index is 327. The summed E-state index contributed by atoms with van der Waals surface area (Å²) in [6.07, 6.45) is 1.23. The molecular formula is C13H23N3O. The number of carbonyl (C=O) groups is 1. The van der Waals surface area contributed by atoms with Crippen LogP contribution >= 0.6 is 0 Å². The maximum Gasteiger partial charge on any atom is 0.240 e. The van der Waals surface area contributed by atoms with Gasteiger partial charge in [-0.25, -0.2) is 0 Å². The lowest BCUT2D eigenvalue weighted by Gasteiger charge is -2.39. The van der Waals surface area contributed by atoms with Crippen LogP contribution in [0.15, 0.2) is 0 Å². The third-order valence-electron chi connectivity index (χ3n) is 3.60. The van der Waals surface area contributed by atoms with Gasteiger partial charge in [-0.1, -0.05) is 0 Å². The Labute approximate surface area is 104 Å². The molecule has 4 heteroatoms. The summed E-state index contributed by atoms with van der Waals surface area (Å²) in [4.78, 5) is 16.3. The fourth-order valence-electron chi connectivity index (χ4n) is 2.35. The van der Waals surface area contributed by atoms with Gasteiger partial charge < -0.3 is 4.90 Å². The zero-order valence-corrected chi connectivity index (χ0v) is 11.5. The van der Waals surface area contributed by atoms with E-state index in [1.807, 2.05) is 7.05 Å². The van der Waals surface area contributed by atoms with Gasteiger partial charge in [0.05, 0.1) is 12.5 Å². The average Bonchev–Trinajstić information content (AvgIpc) is 2.32. The normalized spacial score (nSPS) is 27.8. The highest BCUT2D eigenvalue weighted by molar-refractivity contribution is 5.82. The van der Waals surface area contributed by atoms with E-state index in [0.29, 0.717) is 0 Å². The molecule has 1 heterocycles. The van der Waals surface area contributed by atoms with Crippen LogP contribution < -0.4 is 0 Å². The van der Waals surface area contributed by atoms with Crippen LogP contribution in [0.3, 0.4) is 0 Å². The molecule has 0 saturated carbocycles. The lowest BCUT2D eigenvalue weighted by atomic mass is 10.0. The number of nitrogens with zero attached hydrogens (tertiary/aromatic N) is 3. The fourth-order valence-corrected chi connectivity index (χ4v) is 2.35. The van der Waals surface area contributed by atoms with E-state index < -0.39 is 0 Å². The Balaban J connectivity index is 3.04. The number of amides is 1. The molecule has 1 fully saturated rings. The molecule has 1 rings (SSSR count). The molecule has 96 valence electrons. The van der Waals surface area contributed by atoms with Gasteiger partial charge >= 0.3 is 0 Å². The van der Waals surface area contributed by atoms with Gasteiger partial charge in [-0.05, 0) is 34.1 Å². The van der Waals surface area contributed by atoms with Crippen molar-refractivity contribution in [3.63, 3.8) is 0 Å². The largest absolute Gasteiger partial charge is 0.342 e. The number of hydrogen-bond acceptors (Lipinski definition) is 3. The number of rotatable bonds is 1. The second-order valence-corrected chi connectivity index (χ2v) is 5.83. The van der Waals surface area contributed by atoms with Crippen LogP contribution in [-0.4, -0.2) is 46.9 Å². The molecule has 0 N–H and O–H groups in total. The van der Waals surface area contributed by atoms with E-state index in [1.54, 1.807) is 4.90 Å². The predicted molar refractivity (Wildman–Crippen MR) is 67.3 cm³/mol. The minimum absolute atomic E-state index is 0.0754. The third kappa shape index (κ3) is 2.98. The zero-order valence-electron chi connectivity index (χ0n) is 11.5. The Morgan fingerprint density at radius 1 is 1.47 bits per heavy atom.